The topological polar surface area (TPSA) is 93.1 Å². The molecule has 0 aliphatic heterocycles. The molecule has 0 aliphatic rings. The lowest BCUT2D eigenvalue weighted by Gasteiger charge is -2.07. The van der Waals surface area contributed by atoms with Gasteiger partial charge in [-0.1, -0.05) is 62.8 Å². The van der Waals surface area contributed by atoms with E-state index < -0.39 is 11.9 Å². The summed E-state index contributed by atoms with van der Waals surface area (Å²) in [5.41, 5.74) is 1.67. The third kappa shape index (κ3) is 12.5. The van der Waals surface area contributed by atoms with Crippen molar-refractivity contribution in [2.45, 2.75) is 51.4 Å². The van der Waals surface area contributed by atoms with Crippen LogP contribution in [0.2, 0.25) is 0 Å². The van der Waals surface area contributed by atoms with Crippen molar-refractivity contribution in [2.24, 2.45) is 0 Å². The standard InChI is InChI=1S/C28H34O6/c29-27(30)19-13-23-9-15-25(16-10-23)33-21-7-5-3-1-2-4-6-8-22-34-26-17-11-24(12-18-26)14-20-28(31)32/h9-20H,1-8,21-22H2,(H,29,30)(H,31,32)/b19-13+,20-14+. The summed E-state index contributed by atoms with van der Waals surface area (Å²) in [6.07, 6.45) is 14.6. The average molecular weight is 467 g/mol. The van der Waals surface area contributed by atoms with E-state index in [1.54, 1.807) is 12.2 Å². The van der Waals surface area contributed by atoms with Gasteiger partial charge in [0, 0.05) is 12.2 Å². The highest BCUT2D eigenvalue weighted by Crippen LogP contribution is 2.16. The number of aliphatic carboxylic acids is 2. The molecule has 0 heterocycles. The maximum atomic E-state index is 10.5. The van der Waals surface area contributed by atoms with E-state index in [-0.39, 0.29) is 0 Å². The Kier molecular flexibility index (Phi) is 12.7. The van der Waals surface area contributed by atoms with Crippen LogP contribution in [-0.2, 0) is 9.59 Å². The molecular weight excluding hydrogens is 432 g/mol. The van der Waals surface area contributed by atoms with Crippen LogP contribution in [0.3, 0.4) is 0 Å². The molecule has 182 valence electrons. The second-order valence-electron chi connectivity index (χ2n) is 8.01. The fourth-order valence-electron chi connectivity index (χ4n) is 3.33. The van der Waals surface area contributed by atoms with Crippen LogP contribution >= 0.6 is 0 Å². The third-order valence-corrected chi connectivity index (χ3v) is 5.17. The predicted octanol–water partition coefficient (Wildman–Crippen LogP) is 6.46. The summed E-state index contributed by atoms with van der Waals surface area (Å²) in [5.74, 6) is -0.300. The van der Waals surface area contributed by atoms with Gasteiger partial charge in [0.2, 0.25) is 0 Å². The first-order valence-corrected chi connectivity index (χ1v) is 11.8. The summed E-state index contributed by atoms with van der Waals surface area (Å²) in [7, 11) is 0. The van der Waals surface area contributed by atoms with Crippen molar-refractivity contribution < 1.29 is 29.3 Å². The Balaban J connectivity index is 1.41. The van der Waals surface area contributed by atoms with Crippen LogP contribution in [0.5, 0.6) is 11.5 Å². The Morgan fingerprint density at radius 3 is 1.21 bits per heavy atom. The van der Waals surface area contributed by atoms with Gasteiger partial charge in [0.25, 0.3) is 0 Å². The van der Waals surface area contributed by atoms with Gasteiger partial charge >= 0.3 is 11.9 Å². The molecule has 0 saturated carbocycles. The number of unbranched alkanes of at least 4 members (excludes halogenated alkanes) is 7. The lowest BCUT2D eigenvalue weighted by Crippen LogP contribution is -1.98. The molecule has 6 nitrogen and oxygen atoms in total. The number of ether oxygens (including phenoxy) is 2. The van der Waals surface area contributed by atoms with Gasteiger partial charge < -0.3 is 19.7 Å². The van der Waals surface area contributed by atoms with Crippen molar-refractivity contribution in [3.63, 3.8) is 0 Å². The van der Waals surface area contributed by atoms with Gasteiger partial charge in [-0.25, -0.2) is 9.59 Å². The fourth-order valence-corrected chi connectivity index (χ4v) is 3.33. The van der Waals surface area contributed by atoms with E-state index >= 15 is 0 Å². The quantitative estimate of drug-likeness (QED) is 0.205. The third-order valence-electron chi connectivity index (χ3n) is 5.17. The molecule has 2 aromatic carbocycles. The van der Waals surface area contributed by atoms with Crippen molar-refractivity contribution in [2.75, 3.05) is 13.2 Å². The minimum absolute atomic E-state index is 0.693. The Bertz CT molecular complexity index is 835. The molecule has 2 N–H and O–H groups in total. The van der Waals surface area contributed by atoms with Crippen molar-refractivity contribution in [1.82, 2.24) is 0 Å². The van der Waals surface area contributed by atoms with E-state index in [1.807, 2.05) is 48.5 Å². The molecule has 2 rings (SSSR count). The highest BCUT2D eigenvalue weighted by Gasteiger charge is 1.98. The molecular formula is C28H34O6. The Morgan fingerprint density at radius 2 is 0.882 bits per heavy atom. The molecule has 0 fully saturated rings. The maximum absolute atomic E-state index is 10.5. The van der Waals surface area contributed by atoms with Crippen LogP contribution < -0.4 is 9.47 Å². The van der Waals surface area contributed by atoms with E-state index in [0.717, 1.165) is 60.5 Å². The molecule has 6 heteroatoms. The van der Waals surface area contributed by atoms with E-state index in [0.29, 0.717) is 13.2 Å². The molecule has 0 amide bonds. The highest BCUT2D eigenvalue weighted by molar-refractivity contribution is 5.85. The van der Waals surface area contributed by atoms with Crippen LogP contribution in [0.1, 0.15) is 62.5 Å². The Labute approximate surface area is 201 Å². The van der Waals surface area contributed by atoms with Gasteiger partial charge in [0.1, 0.15) is 11.5 Å². The van der Waals surface area contributed by atoms with Gasteiger partial charge in [-0.3, -0.25) is 0 Å². The summed E-state index contributed by atoms with van der Waals surface area (Å²) in [4.78, 5) is 21.0. The number of hydrogen-bond acceptors (Lipinski definition) is 4. The molecule has 2 aromatic rings. The monoisotopic (exact) mass is 466 g/mol. The van der Waals surface area contributed by atoms with Crippen LogP contribution in [0.15, 0.2) is 60.7 Å². The van der Waals surface area contributed by atoms with E-state index in [4.69, 9.17) is 19.7 Å². The van der Waals surface area contributed by atoms with Gasteiger partial charge in [-0.05, 0) is 60.4 Å². The second-order valence-corrected chi connectivity index (χ2v) is 8.01. The molecule has 0 aromatic heterocycles. The summed E-state index contributed by atoms with van der Waals surface area (Å²) < 4.78 is 11.5. The highest BCUT2D eigenvalue weighted by atomic mass is 16.5. The smallest absolute Gasteiger partial charge is 0.328 e. The lowest BCUT2D eigenvalue weighted by molar-refractivity contribution is -0.132. The van der Waals surface area contributed by atoms with Crippen LogP contribution in [0.4, 0.5) is 0 Å². The number of hydrogen-bond donors (Lipinski definition) is 2. The molecule has 0 atom stereocenters. The van der Waals surface area contributed by atoms with E-state index in [1.165, 1.54) is 25.7 Å². The first kappa shape index (κ1) is 26.7. The van der Waals surface area contributed by atoms with E-state index in [2.05, 4.69) is 0 Å². The van der Waals surface area contributed by atoms with Gasteiger partial charge in [-0.15, -0.1) is 0 Å². The van der Waals surface area contributed by atoms with Gasteiger partial charge in [-0.2, -0.15) is 0 Å². The first-order valence-electron chi connectivity index (χ1n) is 11.8. The van der Waals surface area contributed by atoms with Crippen molar-refractivity contribution in [3.8, 4) is 11.5 Å². The second kappa shape index (κ2) is 16.1. The number of carboxylic acid groups (broad SMARTS) is 2. The number of carbonyl (C=O) groups is 2. The Morgan fingerprint density at radius 1 is 0.559 bits per heavy atom. The van der Waals surface area contributed by atoms with Crippen LogP contribution in [0, 0.1) is 0 Å². The minimum Gasteiger partial charge on any atom is -0.494 e. The number of rotatable bonds is 17. The zero-order valence-corrected chi connectivity index (χ0v) is 19.5. The van der Waals surface area contributed by atoms with Gasteiger partial charge in [0.05, 0.1) is 13.2 Å². The molecule has 34 heavy (non-hydrogen) atoms. The van der Waals surface area contributed by atoms with E-state index in [9.17, 15) is 9.59 Å². The minimum atomic E-state index is -0.956. The molecule has 0 bridgehead atoms. The molecule has 0 radical (unpaired) electrons. The zero-order chi connectivity index (χ0) is 24.4. The molecule has 0 unspecified atom stereocenters. The molecule has 0 saturated heterocycles. The molecule has 0 spiro atoms. The maximum Gasteiger partial charge on any atom is 0.328 e. The summed E-state index contributed by atoms with van der Waals surface area (Å²) in [5, 5.41) is 17.3. The summed E-state index contributed by atoms with van der Waals surface area (Å²) in [6, 6.07) is 14.8. The van der Waals surface area contributed by atoms with Crippen molar-refractivity contribution >= 4 is 24.1 Å². The van der Waals surface area contributed by atoms with Crippen molar-refractivity contribution in [3.05, 3.63) is 71.8 Å². The predicted molar refractivity (Wildman–Crippen MR) is 134 cm³/mol. The Hall–Kier alpha value is -3.54. The number of benzene rings is 2. The van der Waals surface area contributed by atoms with Crippen LogP contribution in [0.25, 0.3) is 12.2 Å². The first-order chi connectivity index (χ1) is 16.5. The molecule has 0 aliphatic carbocycles. The number of carboxylic acids is 2. The average Bonchev–Trinajstić information content (AvgIpc) is 2.83. The summed E-state index contributed by atoms with van der Waals surface area (Å²) in [6.45, 7) is 1.39. The fraction of sp³-hybridized carbons (Fsp3) is 0.357. The van der Waals surface area contributed by atoms with Gasteiger partial charge in [0.15, 0.2) is 0 Å². The SMILES string of the molecule is O=C(O)/C=C/c1ccc(OCCCCCCCCCCOc2ccc(/C=C/C(=O)O)cc2)cc1. The van der Waals surface area contributed by atoms with Crippen molar-refractivity contribution in [1.29, 1.82) is 0 Å². The largest absolute Gasteiger partial charge is 0.494 e. The summed E-state index contributed by atoms with van der Waals surface area (Å²) >= 11 is 0. The lowest BCUT2D eigenvalue weighted by atomic mass is 10.1. The normalized spacial score (nSPS) is 11.2. The zero-order valence-electron chi connectivity index (χ0n) is 19.5. The van der Waals surface area contributed by atoms with Crippen LogP contribution in [-0.4, -0.2) is 35.4 Å².